The molecular weight excluding hydrogens is 376 g/mol. The molecule has 2 atom stereocenters. The second-order valence-corrected chi connectivity index (χ2v) is 8.78. The highest BCUT2D eigenvalue weighted by Gasteiger charge is 2.37. The molecule has 0 radical (unpaired) electrons. The maximum Gasteiger partial charge on any atom is 0.407 e. The van der Waals surface area contributed by atoms with Gasteiger partial charge in [-0.15, -0.1) is 0 Å². The number of para-hydroxylation sites is 1. The van der Waals surface area contributed by atoms with Crippen molar-refractivity contribution in [2.45, 2.75) is 44.2 Å². The van der Waals surface area contributed by atoms with Gasteiger partial charge in [0.1, 0.15) is 11.9 Å². The number of rotatable bonds is 4. The first kappa shape index (κ1) is 19.4. The van der Waals surface area contributed by atoms with Gasteiger partial charge in [-0.3, -0.25) is 4.90 Å². The van der Waals surface area contributed by atoms with Crippen LogP contribution in [0.15, 0.2) is 42.5 Å². The van der Waals surface area contributed by atoms with Crippen LogP contribution in [0.5, 0.6) is 5.75 Å². The second-order valence-electron chi connectivity index (χ2n) is 8.78. The summed E-state index contributed by atoms with van der Waals surface area (Å²) in [6.07, 6.45) is 5.13. The number of ether oxygens (including phenoxy) is 2. The molecule has 1 amide bonds. The molecule has 2 bridgehead atoms. The zero-order chi connectivity index (χ0) is 20.5. The molecule has 2 aromatic rings. The molecule has 1 N–H and O–H groups in total. The summed E-state index contributed by atoms with van der Waals surface area (Å²) in [7, 11) is 1.70. The molecule has 3 saturated heterocycles. The van der Waals surface area contributed by atoms with Gasteiger partial charge in [-0.25, -0.2) is 4.79 Å². The minimum Gasteiger partial charge on any atom is -0.496 e. The van der Waals surface area contributed by atoms with Crippen LogP contribution in [0.4, 0.5) is 4.79 Å². The molecule has 30 heavy (non-hydrogen) atoms. The Kier molecular flexibility index (Phi) is 5.38. The number of alkyl carbamates (subject to hydrolysis) is 1. The van der Waals surface area contributed by atoms with Gasteiger partial charge in [0.2, 0.25) is 0 Å². The van der Waals surface area contributed by atoms with E-state index >= 15 is 0 Å². The van der Waals surface area contributed by atoms with Gasteiger partial charge in [-0.2, -0.15) is 0 Å². The van der Waals surface area contributed by atoms with E-state index in [1.165, 1.54) is 11.1 Å². The fourth-order valence-corrected chi connectivity index (χ4v) is 5.36. The molecule has 0 saturated carbocycles. The maximum absolute atomic E-state index is 12.7. The summed E-state index contributed by atoms with van der Waals surface area (Å²) in [6, 6.07) is 14.6. The summed E-state index contributed by atoms with van der Waals surface area (Å²) < 4.78 is 11.4. The Labute approximate surface area is 178 Å². The van der Waals surface area contributed by atoms with Gasteiger partial charge >= 0.3 is 6.09 Å². The van der Waals surface area contributed by atoms with Gasteiger partial charge in [-0.1, -0.05) is 30.3 Å². The minimum atomic E-state index is -0.269. The number of carbonyl (C=O) groups excluding carboxylic acids is 1. The Hall–Kier alpha value is -2.53. The molecule has 2 aromatic carbocycles. The lowest BCUT2D eigenvalue weighted by Gasteiger charge is -2.44. The van der Waals surface area contributed by atoms with Crippen LogP contribution in [0.3, 0.4) is 0 Å². The number of methoxy groups -OCH3 is 1. The third-order valence-electron chi connectivity index (χ3n) is 7.02. The number of aryl methyl sites for hydroxylation is 1. The van der Waals surface area contributed by atoms with E-state index in [9.17, 15) is 4.79 Å². The largest absolute Gasteiger partial charge is 0.496 e. The van der Waals surface area contributed by atoms with Crippen molar-refractivity contribution in [3.63, 3.8) is 0 Å². The van der Waals surface area contributed by atoms with Crippen LogP contribution in [0.1, 0.15) is 42.9 Å². The molecule has 3 heterocycles. The maximum atomic E-state index is 12.7. The van der Waals surface area contributed by atoms with Crippen LogP contribution in [0.25, 0.3) is 11.1 Å². The van der Waals surface area contributed by atoms with Crippen molar-refractivity contribution in [3.05, 3.63) is 53.6 Å². The number of nitrogens with zero attached hydrogens (tertiary/aromatic N) is 1. The molecule has 3 fully saturated rings. The molecule has 5 heteroatoms. The van der Waals surface area contributed by atoms with Crippen LogP contribution in [0, 0.1) is 5.92 Å². The van der Waals surface area contributed by atoms with E-state index in [-0.39, 0.29) is 18.2 Å². The number of benzene rings is 2. The van der Waals surface area contributed by atoms with Crippen molar-refractivity contribution < 1.29 is 14.3 Å². The second kappa shape index (κ2) is 8.31. The van der Waals surface area contributed by atoms with Crippen LogP contribution < -0.4 is 10.1 Å². The van der Waals surface area contributed by atoms with E-state index in [2.05, 4.69) is 34.5 Å². The molecule has 3 aliphatic heterocycles. The van der Waals surface area contributed by atoms with E-state index in [0.717, 1.165) is 68.6 Å². The minimum absolute atomic E-state index is 0.00279. The van der Waals surface area contributed by atoms with Crippen molar-refractivity contribution in [3.8, 4) is 16.9 Å². The first-order valence-electron chi connectivity index (χ1n) is 11.2. The number of carbonyl (C=O) groups is 1. The standard InChI is InChI=1S/C25H30N2O3/c1-29-23-8-3-2-6-20(23)19-10-9-17-5-4-7-22(21(17)15-19)26-25(28)30-24-16-27-13-11-18(24)12-14-27/h2-3,6,8-10,15,18,22,24H,4-5,7,11-14,16H2,1H3,(H,26,28)/t22?,24-/m0/s1. The smallest absolute Gasteiger partial charge is 0.407 e. The number of nitrogens with one attached hydrogen (secondary N) is 1. The van der Waals surface area contributed by atoms with Gasteiger partial charge < -0.3 is 14.8 Å². The first-order valence-corrected chi connectivity index (χ1v) is 11.2. The third kappa shape index (κ3) is 3.79. The fourth-order valence-electron chi connectivity index (χ4n) is 5.36. The average molecular weight is 407 g/mol. The number of hydrogen-bond donors (Lipinski definition) is 1. The van der Waals surface area contributed by atoms with E-state index in [4.69, 9.17) is 9.47 Å². The van der Waals surface area contributed by atoms with Crippen LogP contribution >= 0.6 is 0 Å². The predicted molar refractivity (Wildman–Crippen MR) is 117 cm³/mol. The number of fused-ring (bicyclic) bond motifs is 4. The Bertz CT molecular complexity index is 920. The van der Waals surface area contributed by atoms with Crippen molar-refractivity contribution in [1.29, 1.82) is 0 Å². The van der Waals surface area contributed by atoms with Gasteiger partial charge in [0, 0.05) is 12.1 Å². The molecule has 158 valence electrons. The van der Waals surface area contributed by atoms with Crippen molar-refractivity contribution in [1.82, 2.24) is 10.2 Å². The van der Waals surface area contributed by atoms with Crippen LogP contribution in [-0.4, -0.2) is 43.8 Å². The van der Waals surface area contributed by atoms with Crippen LogP contribution in [-0.2, 0) is 11.2 Å². The molecule has 5 nitrogen and oxygen atoms in total. The van der Waals surface area contributed by atoms with E-state index in [1.807, 2.05) is 18.2 Å². The Morgan fingerprint density at radius 2 is 1.93 bits per heavy atom. The zero-order valence-electron chi connectivity index (χ0n) is 17.6. The molecule has 1 aliphatic carbocycles. The summed E-state index contributed by atoms with van der Waals surface area (Å²) >= 11 is 0. The predicted octanol–water partition coefficient (Wildman–Crippen LogP) is 4.56. The fraction of sp³-hybridized carbons (Fsp3) is 0.480. The zero-order valence-corrected chi connectivity index (χ0v) is 17.6. The number of amides is 1. The number of hydrogen-bond acceptors (Lipinski definition) is 4. The van der Waals surface area contributed by atoms with E-state index < -0.39 is 0 Å². The lowest BCUT2D eigenvalue weighted by atomic mass is 9.85. The van der Waals surface area contributed by atoms with Gasteiger partial charge in [-0.05, 0) is 79.9 Å². The van der Waals surface area contributed by atoms with E-state index in [1.54, 1.807) is 7.11 Å². The average Bonchev–Trinajstić information content (AvgIpc) is 2.80. The highest BCUT2D eigenvalue weighted by atomic mass is 16.6. The molecule has 6 rings (SSSR count). The summed E-state index contributed by atoms with van der Waals surface area (Å²) in [5.41, 5.74) is 4.70. The normalized spacial score (nSPS) is 27.2. The molecule has 0 spiro atoms. The molecular formula is C25H30N2O3. The summed E-state index contributed by atoms with van der Waals surface area (Å²) in [5.74, 6) is 1.39. The highest BCUT2D eigenvalue weighted by molar-refractivity contribution is 5.72. The molecule has 1 unspecified atom stereocenters. The Balaban J connectivity index is 1.33. The lowest BCUT2D eigenvalue weighted by molar-refractivity contribution is -0.0340. The Morgan fingerprint density at radius 3 is 2.70 bits per heavy atom. The van der Waals surface area contributed by atoms with Crippen molar-refractivity contribution in [2.75, 3.05) is 26.7 Å². The molecule has 4 aliphatic rings. The molecule has 0 aromatic heterocycles. The highest BCUT2D eigenvalue weighted by Crippen LogP contribution is 2.36. The summed E-state index contributed by atoms with van der Waals surface area (Å²) in [4.78, 5) is 15.2. The van der Waals surface area contributed by atoms with Gasteiger partial charge in [0.15, 0.2) is 0 Å². The monoisotopic (exact) mass is 406 g/mol. The van der Waals surface area contributed by atoms with Gasteiger partial charge in [0.25, 0.3) is 0 Å². The first-order chi connectivity index (χ1) is 14.7. The topological polar surface area (TPSA) is 50.8 Å². The summed E-state index contributed by atoms with van der Waals surface area (Å²) in [5, 5.41) is 3.18. The van der Waals surface area contributed by atoms with Gasteiger partial charge in [0.05, 0.1) is 13.2 Å². The third-order valence-corrected chi connectivity index (χ3v) is 7.02. The van der Waals surface area contributed by atoms with Crippen molar-refractivity contribution >= 4 is 6.09 Å². The summed E-state index contributed by atoms with van der Waals surface area (Å²) in [6.45, 7) is 3.18. The Morgan fingerprint density at radius 1 is 1.10 bits per heavy atom. The quantitative estimate of drug-likeness (QED) is 0.809. The SMILES string of the molecule is COc1ccccc1-c1ccc2c(c1)C(NC(=O)O[C@H]1CN3CCC1CC3)CCC2. The van der Waals surface area contributed by atoms with Crippen LogP contribution in [0.2, 0.25) is 0 Å². The number of piperidine rings is 3. The lowest BCUT2D eigenvalue weighted by Crippen LogP contribution is -2.52. The van der Waals surface area contributed by atoms with E-state index in [0.29, 0.717) is 5.92 Å². The van der Waals surface area contributed by atoms with Crippen molar-refractivity contribution in [2.24, 2.45) is 5.92 Å².